The predicted octanol–water partition coefficient (Wildman–Crippen LogP) is 2.29. The van der Waals surface area contributed by atoms with Crippen LogP contribution in [0, 0.1) is 5.92 Å². The maximum atomic E-state index is 5.29. The Morgan fingerprint density at radius 2 is 2.33 bits per heavy atom. The molecule has 0 spiro atoms. The van der Waals surface area contributed by atoms with Gasteiger partial charge in [-0.3, -0.25) is 0 Å². The quantitative estimate of drug-likeness (QED) is 0.756. The van der Waals surface area contributed by atoms with Gasteiger partial charge in [0.2, 0.25) is 0 Å². The van der Waals surface area contributed by atoms with Gasteiger partial charge in [-0.1, -0.05) is 6.07 Å². The lowest BCUT2D eigenvalue weighted by Crippen LogP contribution is -2.31. The van der Waals surface area contributed by atoms with E-state index in [1.54, 1.807) is 7.11 Å². The Kier molecular flexibility index (Phi) is 2.17. The number of rotatable bonds is 1. The van der Waals surface area contributed by atoms with Crippen molar-refractivity contribution < 1.29 is 4.74 Å². The van der Waals surface area contributed by atoms with E-state index in [4.69, 9.17) is 4.74 Å². The maximum absolute atomic E-state index is 5.29. The van der Waals surface area contributed by atoms with Gasteiger partial charge in [0, 0.05) is 6.04 Å². The lowest BCUT2D eigenvalue weighted by atomic mass is 9.92. The summed E-state index contributed by atoms with van der Waals surface area (Å²) in [5.74, 6) is 1.81. The van der Waals surface area contributed by atoms with E-state index in [2.05, 4.69) is 23.5 Å². The van der Waals surface area contributed by atoms with Crippen molar-refractivity contribution in [2.24, 2.45) is 5.92 Å². The van der Waals surface area contributed by atoms with Crippen LogP contribution >= 0.6 is 0 Å². The molecule has 2 heteroatoms. The van der Waals surface area contributed by atoms with Crippen molar-refractivity contribution in [2.75, 3.05) is 13.7 Å². The first kappa shape index (κ1) is 9.22. The first-order valence-electron chi connectivity index (χ1n) is 5.78. The minimum absolute atomic E-state index is 0.587. The number of methoxy groups -OCH3 is 1. The lowest BCUT2D eigenvalue weighted by molar-refractivity contribution is 0.306. The molecule has 1 fully saturated rings. The van der Waals surface area contributed by atoms with Crippen molar-refractivity contribution in [1.82, 2.24) is 5.32 Å². The van der Waals surface area contributed by atoms with E-state index in [1.807, 2.05) is 0 Å². The van der Waals surface area contributed by atoms with Crippen molar-refractivity contribution in [1.29, 1.82) is 0 Å². The van der Waals surface area contributed by atoms with Gasteiger partial charge in [-0.05, 0) is 55.0 Å². The summed E-state index contributed by atoms with van der Waals surface area (Å²) in [5.41, 5.74) is 2.99. The van der Waals surface area contributed by atoms with Crippen LogP contribution in [0.25, 0.3) is 0 Å². The molecule has 2 atom stereocenters. The summed E-state index contributed by atoms with van der Waals surface area (Å²) < 4.78 is 5.29. The molecule has 2 nitrogen and oxygen atoms in total. The Hall–Kier alpha value is -1.02. The number of ether oxygens (including phenoxy) is 1. The van der Waals surface area contributed by atoms with Gasteiger partial charge in [0.25, 0.3) is 0 Å². The van der Waals surface area contributed by atoms with Gasteiger partial charge in [-0.2, -0.15) is 0 Å². The summed E-state index contributed by atoms with van der Waals surface area (Å²) in [7, 11) is 1.74. The summed E-state index contributed by atoms with van der Waals surface area (Å²) in [6.07, 6.45) is 3.94. The molecular formula is C13H17NO. The molecule has 80 valence electrons. The fourth-order valence-electron chi connectivity index (χ4n) is 3.00. The molecule has 0 bridgehead atoms. The van der Waals surface area contributed by atoms with Crippen molar-refractivity contribution in [3.05, 3.63) is 29.3 Å². The molecule has 3 rings (SSSR count). The van der Waals surface area contributed by atoms with Crippen LogP contribution in [0.3, 0.4) is 0 Å². The molecule has 1 aromatic carbocycles. The molecule has 2 aliphatic rings. The maximum Gasteiger partial charge on any atom is 0.119 e. The highest BCUT2D eigenvalue weighted by Crippen LogP contribution is 2.41. The molecule has 0 radical (unpaired) electrons. The van der Waals surface area contributed by atoms with Crippen molar-refractivity contribution in [2.45, 2.75) is 25.3 Å². The van der Waals surface area contributed by atoms with E-state index in [0.717, 1.165) is 18.2 Å². The highest BCUT2D eigenvalue weighted by molar-refractivity contribution is 5.42. The first-order chi connectivity index (χ1) is 7.38. The highest BCUT2D eigenvalue weighted by Gasteiger charge is 2.33. The molecule has 1 saturated heterocycles. The van der Waals surface area contributed by atoms with E-state index >= 15 is 0 Å². The third kappa shape index (κ3) is 1.44. The predicted molar refractivity (Wildman–Crippen MR) is 60.2 cm³/mol. The molecule has 1 aliphatic heterocycles. The van der Waals surface area contributed by atoms with Crippen LogP contribution in [0.4, 0.5) is 0 Å². The minimum Gasteiger partial charge on any atom is -0.497 e. The SMILES string of the molecule is COc1ccc2c(c1)C1NCCCC1C2. The molecule has 1 heterocycles. The van der Waals surface area contributed by atoms with E-state index in [1.165, 1.54) is 30.4 Å². The summed E-state index contributed by atoms with van der Waals surface area (Å²) in [4.78, 5) is 0. The summed E-state index contributed by atoms with van der Waals surface area (Å²) in [6.45, 7) is 1.16. The van der Waals surface area contributed by atoms with Crippen LogP contribution in [0.1, 0.15) is 30.0 Å². The molecular weight excluding hydrogens is 186 g/mol. The van der Waals surface area contributed by atoms with Crippen LogP contribution in [0.15, 0.2) is 18.2 Å². The average molecular weight is 203 g/mol. The largest absolute Gasteiger partial charge is 0.497 e. The van der Waals surface area contributed by atoms with Crippen LogP contribution in [0.2, 0.25) is 0 Å². The van der Waals surface area contributed by atoms with Gasteiger partial charge in [-0.15, -0.1) is 0 Å². The molecule has 1 aliphatic carbocycles. The van der Waals surface area contributed by atoms with E-state index in [9.17, 15) is 0 Å². The number of nitrogens with one attached hydrogen (secondary N) is 1. The number of piperidine rings is 1. The van der Waals surface area contributed by atoms with Crippen molar-refractivity contribution in [3.63, 3.8) is 0 Å². The third-order valence-electron chi connectivity index (χ3n) is 3.76. The Morgan fingerprint density at radius 1 is 1.40 bits per heavy atom. The Morgan fingerprint density at radius 3 is 3.20 bits per heavy atom. The molecule has 15 heavy (non-hydrogen) atoms. The molecule has 1 aromatic rings. The second-order valence-corrected chi connectivity index (χ2v) is 4.60. The highest BCUT2D eigenvalue weighted by atomic mass is 16.5. The standard InChI is InChI=1S/C13H17NO/c1-15-11-5-4-9-7-10-3-2-6-14-13(10)12(9)8-11/h4-5,8,10,13-14H,2-3,6-7H2,1H3. The number of hydrogen-bond acceptors (Lipinski definition) is 2. The number of hydrogen-bond donors (Lipinski definition) is 1. The second kappa shape index (κ2) is 3.53. The molecule has 0 aromatic heterocycles. The van der Waals surface area contributed by atoms with Gasteiger partial charge in [0.05, 0.1) is 7.11 Å². The fraction of sp³-hybridized carbons (Fsp3) is 0.538. The average Bonchev–Trinajstić information content (AvgIpc) is 2.66. The van der Waals surface area contributed by atoms with Crippen LogP contribution in [-0.2, 0) is 6.42 Å². The molecule has 0 amide bonds. The summed E-state index contributed by atoms with van der Waals surface area (Å²) in [5, 5.41) is 3.63. The number of benzene rings is 1. The van der Waals surface area contributed by atoms with E-state index in [0.29, 0.717) is 6.04 Å². The van der Waals surface area contributed by atoms with Gasteiger partial charge in [-0.25, -0.2) is 0 Å². The Bertz CT molecular complexity index is 375. The normalized spacial score (nSPS) is 28.3. The molecule has 1 N–H and O–H groups in total. The van der Waals surface area contributed by atoms with E-state index < -0.39 is 0 Å². The summed E-state index contributed by atoms with van der Waals surface area (Å²) in [6, 6.07) is 7.10. The Labute approximate surface area is 90.6 Å². The topological polar surface area (TPSA) is 21.3 Å². The second-order valence-electron chi connectivity index (χ2n) is 4.60. The monoisotopic (exact) mass is 203 g/mol. The Balaban J connectivity index is 1.98. The van der Waals surface area contributed by atoms with Gasteiger partial charge in [0.1, 0.15) is 5.75 Å². The van der Waals surface area contributed by atoms with Gasteiger partial charge in [0.15, 0.2) is 0 Å². The molecule has 0 saturated carbocycles. The van der Waals surface area contributed by atoms with Crippen molar-refractivity contribution in [3.8, 4) is 5.75 Å². The van der Waals surface area contributed by atoms with Crippen molar-refractivity contribution >= 4 is 0 Å². The van der Waals surface area contributed by atoms with E-state index in [-0.39, 0.29) is 0 Å². The zero-order valence-electron chi connectivity index (χ0n) is 9.12. The zero-order chi connectivity index (χ0) is 10.3. The zero-order valence-corrected chi connectivity index (χ0v) is 9.12. The smallest absolute Gasteiger partial charge is 0.119 e. The third-order valence-corrected chi connectivity index (χ3v) is 3.76. The minimum atomic E-state index is 0.587. The molecule has 2 unspecified atom stereocenters. The van der Waals surface area contributed by atoms with Crippen LogP contribution < -0.4 is 10.1 Å². The van der Waals surface area contributed by atoms with Gasteiger partial charge >= 0.3 is 0 Å². The van der Waals surface area contributed by atoms with Crippen LogP contribution in [0.5, 0.6) is 5.75 Å². The fourth-order valence-corrected chi connectivity index (χ4v) is 3.00. The lowest BCUT2D eigenvalue weighted by Gasteiger charge is -2.27. The summed E-state index contributed by atoms with van der Waals surface area (Å²) >= 11 is 0. The number of fused-ring (bicyclic) bond motifs is 3. The first-order valence-corrected chi connectivity index (χ1v) is 5.78. The van der Waals surface area contributed by atoms with Crippen LogP contribution in [-0.4, -0.2) is 13.7 Å². The van der Waals surface area contributed by atoms with Gasteiger partial charge < -0.3 is 10.1 Å².